The van der Waals surface area contributed by atoms with Gasteiger partial charge in [0.25, 0.3) is 0 Å². The molecular formula is C15H19NO2. The van der Waals surface area contributed by atoms with Crippen LogP contribution in [0.2, 0.25) is 0 Å². The van der Waals surface area contributed by atoms with Crippen LogP contribution in [0, 0.1) is 0 Å². The molecule has 1 aliphatic heterocycles. The van der Waals surface area contributed by atoms with E-state index in [1.165, 1.54) is 0 Å². The van der Waals surface area contributed by atoms with Gasteiger partial charge in [0.05, 0.1) is 6.10 Å². The van der Waals surface area contributed by atoms with E-state index in [0.29, 0.717) is 6.54 Å². The molecule has 1 N–H and O–H groups in total. The first-order valence-corrected chi connectivity index (χ1v) is 6.39. The van der Waals surface area contributed by atoms with Crippen molar-refractivity contribution >= 4 is 12.0 Å². The van der Waals surface area contributed by atoms with Crippen molar-refractivity contribution in [1.29, 1.82) is 0 Å². The van der Waals surface area contributed by atoms with E-state index in [1.807, 2.05) is 43.3 Å². The van der Waals surface area contributed by atoms with Crippen molar-refractivity contribution in [3.8, 4) is 0 Å². The topological polar surface area (TPSA) is 38.3 Å². The third kappa shape index (κ3) is 3.70. The maximum absolute atomic E-state index is 11.9. The Balaban J connectivity index is 1.86. The fraction of sp³-hybridized carbons (Fsp3) is 0.400. The van der Waals surface area contributed by atoms with Gasteiger partial charge in [-0.25, -0.2) is 0 Å². The van der Waals surface area contributed by atoms with Crippen molar-refractivity contribution in [1.82, 2.24) is 5.32 Å². The first-order valence-electron chi connectivity index (χ1n) is 6.39. The first kappa shape index (κ1) is 12.8. The zero-order valence-corrected chi connectivity index (χ0v) is 10.7. The Bertz CT molecular complexity index is 419. The zero-order valence-electron chi connectivity index (χ0n) is 10.7. The van der Waals surface area contributed by atoms with Gasteiger partial charge in [-0.2, -0.15) is 0 Å². The average molecular weight is 245 g/mol. The summed E-state index contributed by atoms with van der Waals surface area (Å²) in [5.74, 6) is -0.0191. The summed E-state index contributed by atoms with van der Waals surface area (Å²) in [6.07, 6.45) is 4.23. The monoisotopic (exact) mass is 245 g/mol. The van der Waals surface area contributed by atoms with E-state index in [0.717, 1.165) is 30.6 Å². The molecule has 1 aromatic carbocycles. The third-order valence-corrected chi connectivity index (χ3v) is 3.06. The molecule has 0 saturated carbocycles. The summed E-state index contributed by atoms with van der Waals surface area (Å²) in [5.41, 5.74) is 1.77. The van der Waals surface area contributed by atoms with Crippen molar-refractivity contribution < 1.29 is 9.53 Å². The number of hydrogen-bond donors (Lipinski definition) is 1. The molecule has 1 aromatic rings. The molecule has 96 valence electrons. The van der Waals surface area contributed by atoms with Crippen LogP contribution in [-0.4, -0.2) is 25.2 Å². The van der Waals surface area contributed by atoms with Crippen LogP contribution in [0.25, 0.3) is 6.08 Å². The maximum atomic E-state index is 11.9. The van der Waals surface area contributed by atoms with Crippen molar-refractivity contribution in [2.45, 2.75) is 25.9 Å². The molecule has 1 fully saturated rings. The minimum Gasteiger partial charge on any atom is -0.376 e. The fourth-order valence-electron chi connectivity index (χ4n) is 2.02. The smallest absolute Gasteiger partial charge is 0.247 e. The van der Waals surface area contributed by atoms with E-state index < -0.39 is 0 Å². The van der Waals surface area contributed by atoms with Crippen LogP contribution < -0.4 is 5.32 Å². The van der Waals surface area contributed by atoms with Gasteiger partial charge in [0.2, 0.25) is 5.91 Å². The third-order valence-electron chi connectivity index (χ3n) is 3.06. The molecule has 1 amide bonds. The maximum Gasteiger partial charge on any atom is 0.247 e. The van der Waals surface area contributed by atoms with E-state index in [1.54, 1.807) is 0 Å². The summed E-state index contributed by atoms with van der Waals surface area (Å²) >= 11 is 0. The molecule has 0 aliphatic carbocycles. The SMILES string of the molecule is C/C(=C\c1ccccc1)C(=O)NC[C@@H]1CCCO1. The van der Waals surface area contributed by atoms with Crippen molar-refractivity contribution in [2.24, 2.45) is 0 Å². The lowest BCUT2D eigenvalue weighted by Gasteiger charge is -2.10. The Morgan fingerprint density at radius 1 is 1.44 bits per heavy atom. The molecule has 0 radical (unpaired) electrons. The van der Waals surface area contributed by atoms with Crippen molar-refractivity contribution in [3.05, 3.63) is 41.5 Å². The van der Waals surface area contributed by atoms with E-state index in [2.05, 4.69) is 5.32 Å². The largest absolute Gasteiger partial charge is 0.376 e. The normalized spacial score (nSPS) is 19.8. The van der Waals surface area contributed by atoms with Gasteiger partial charge in [-0.1, -0.05) is 30.3 Å². The molecule has 1 heterocycles. The number of carbonyl (C=O) groups is 1. The quantitative estimate of drug-likeness (QED) is 0.827. The second kappa shape index (κ2) is 6.36. The Morgan fingerprint density at radius 2 is 2.22 bits per heavy atom. The second-order valence-electron chi connectivity index (χ2n) is 4.58. The molecule has 3 nitrogen and oxygen atoms in total. The standard InChI is InChI=1S/C15H19NO2/c1-12(10-13-6-3-2-4-7-13)15(17)16-11-14-8-5-9-18-14/h2-4,6-7,10,14H,5,8-9,11H2,1H3,(H,16,17)/b12-10+/t14-/m0/s1. The summed E-state index contributed by atoms with van der Waals surface area (Å²) in [6.45, 7) is 3.26. The minimum atomic E-state index is -0.0191. The number of carbonyl (C=O) groups excluding carboxylic acids is 1. The molecule has 18 heavy (non-hydrogen) atoms. The Hall–Kier alpha value is -1.61. The van der Waals surface area contributed by atoms with Crippen LogP contribution >= 0.6 is 0 Å². The van der Waals surface area contributed by atoms with Crippen LogP contribution in [0.3, 0.4) is 0 Å². The Kier molecular flexibility index (Phi) is 4.53. The van der Waals surface area contributed by atoms with E-state index in [4.69, 9.17) is 4.74 Å². The molecular weight excluding hydrogens is 226 g/mol. The first-order chi connectivity index (χ1) is 8.75. The highest BCUT2D eigenvalue weighted by Gasteiger charge is 2.16. The number of hydrogen-bond acceptors (Lipinski definition) is 2. The molecule has 1 aliphatic rings. The molecule has 0 spiro atoms. The lowest BCUT2D eigenvalue weighted by molar-refractivity contribution is -0.117. The molecule has 0 bridgehead atoms. The summed E-state index contributed by atoms with van der Waals surface area (Å²) in [5, 5.41) is 2.91. The van der Waals surface area contributed by atoms with Crippen LogP contribution in [0.1, 0.15) is 25.3 Å². The molecule has 3 heteroatoms. The lowest BCUT2D eigenvalue weighted by atomic mass is 10.1. The highest BCUT2D eigenvalue weighted by atomic mass is 16.5. The number of nitrogens with one attached hydrogen (secondary N) is 1. The van der Waals surface area contributed by atoms with Crippen LogP contribution in [0.5, 0.6) is 0 Å². The van der Waals surface area contributed by atoms with Crippen LogP contribution in [0.15, 0.2) is 35.9 Å². The zero-order chi connectivity index (χ0) is 12.8. The van der Waals surface area contributed by atoms with Gasteiger partial charge < -0.3 is 10.1 Å². The van der Waals surface area contributed by atoms with Gasteiger partial charge >= 0.3 is 0 Å². The van der Waals surface area contributed by atoms with Gasteiger partial charge in [0.1, 0.15) is 0 Å². The minimum absolute atomic E-state index is 0.0191. The molecule has 0 unspecified atom stereocenters. The van der Waals surface area contributed by atoms with Gasteiger partial charge in [-0.05, 0) is 31.4 Å². The van der Waals surface area contributed by atoms with E-state index >= 15 is 0 Å². The van der Waals surface area contributed by atoms with Crippen molar-refractivity contribution in [3.63, 3.8) is 0 Å². The van der Waals surface area contributed by atoms with Crippen LogP contribution in [-0.2, 0) is 9.53 Å². The van der Waals surface area contributed by atoms with Gasteiger partial charge in [0, 0.05) is 18.7 Å². The lowest BCUT2D eigenvalue weighted by Crippen LogP contribution is -2.32. The molecule has 1 atom stereocenters. The highest BCUT2D eigenvalue weighted by molar-refractivity contribution is 5.97. The Labute approximate surface area is 108 Å². The summed E-state index contributed by atoms with van der Waals surface area (Å²) < 4.78 is 5.47. The average Bonchev–Trinajstić information content (AvgIpc) is 2.90. The van der Waals surface area contributed by atoms with Gasteiger partial charge in [0.15, 0.2) is 0 Å². The molecule has 0 aromatic heterocycles. The Morgan fingerprint density at radius 3 is 2.89 bits per heavy atom. The van der Waals surface area contributed by atoms with Crippen molar-refractivity contribution in [2.75, 3.05) is 13.2 Å². The van der Waals surface area contributed by atoms with E-state index in [9.17, 15) is 4.79 Å². The molecule has 2 rings (SSSR count). The van der Waals surface area contributed by atoms with E-state index in [-0.39, 0.29) is 12.0 Å². The predicted molar refractivity (Wildman–Crippen MR) is 72.1 cm³/mol. The summed E-state index contributed by atoms with van der Waals surface area (Å²) in [4.78, 5) is 11.9. The summed E-state index contributed by atoms with van der Waals surface area (Å²) in [6, 6.07) is 9.85. The van der Waals surface area contributed by atoms with Gasteiger partial charge in [-0.3, -0.25) is 4.79 Å². The fourth-order valence-corrected chi connectivity index (χ4v) is 2.02. The number of benzene rings is 1. The number of amides is 1. The highest BCUT2D eigenvalue weighted by Crippen LogP contribution is 2.11. The van der Waals surface area contributed by atoms with Gasteiger partial charge in [-0.15, -0.1) is 0 Å². The molecule has 1 saturated heterocycles. The van der Waals surface area contributed by atoms with Crippen LogP contribution in [0.4, 0.5) is 0 Å². The predicted octanol–water partition coefficient (Wildman–Crippen LogP) is 2.39. The number of rotatable bonds is 4. The second-order valence-corrected chi connectivity index (χ2v) is 4.58. The number of ether oxygens (including phenoxy) is 1. The summed E-state index contributed by atoms with van der Waals surface area (Å²) in [7, 11) is 0.